The van der Waals surface area contributed by atoms with E-state index in [1.165, 1.54) is 14.2 Å². The molecule has 0 atom stereocenters. The summed E-state index contributed by atoms with van der Waals surface area (Å²) in [5, 5.41) is 3.32. The lowest BCUT2D eigenvalue weighted by atomic mass is 10.2. The normalized spacial score (nSPS) is 10.3. The van der Waals surface area contributed by atoms with Crippen molar-refractivity contribution in [2.75, 3.05) is 26.1 Å². The Bertz CT molecular complexity index is 986. The summed E-state index contributed by atoms with van der Waals surface area (Å²) in [6.07, 6.45) is 0.792. The standard InChI is InChI=1S/C23H25N3O5/c1-4-13-30-22(27)16-9-11-18(12-10-16)24-15-17-7-5-6-8-19(17)31-23-25-20(28-2)14-21(26-23)29-3/h5-12,14,24H,4,13,15H2,1-3H3/i5+2,6+2,7+2,8+2,17+2,19+2. The van der Waals surface area contributed by atoms with Gasteiger partial charge < -0.3 is 24.3 Å². The van der Waals surface area contributed by atoms with Crippen LogP contribution in [0.1, 0.15) is 29.3 Å². The fourth-order valence-electron chi connectivity index (χ4n) is 2.69. The third kappa shape index (κ3) is 6.08. The molecular formula is C23H25N3O5. The number of esters is 1. The molecular weight excluding hydrogens is 410 g/mol. The summed E-state index contributed by atoms with van der Waals surface area (Å²) in [7, 11) is 3.02. The average Bonchev–Trinajstić information content (AvgIpc) is 2.82. The van der Waals surface area contributed by atoms with E-state index in [0.29, 0.717) is 36.2 Å². The van der Waals surface area contributed by atoms with Crippen molar-refractivity contribution in [2.45, 2.75) is 19.9 Å². The second-order valence-corrected chi connectivity index (χ2v) is 6.51. The highest BCUT2D eigenvalue weighted by atomic mass is 16.7. The average molecular weight is 435 g/mol. The first-order valence-electron chi connectivity index (χ1n) is 9.86. The summed E-state index contributed by atoms with van der Waals surface area (Å²) < 4.78 is 21.4. The Balaban J connectivity index is 1.68. The van der Waals surface area contributed by atoms with Gasteiger partial charge in [-0.05, 0) is 36.8 Å². The van der Waals surface area contributed by atoms with Crippen LogP contribution >= 0.6 is 0 Å². The minimum Gasteiger partial charge on any atom is -0.481 e. The van der Waals surface area contributed by atoms with E-state index in [1.807, 2.05) is 43.3 Å². The number of carbonyl (C=O) groups is 1. The predicted octanol–water partition coefficient (Wildman–Crippen LogP) is 4.47. The zero-order valence-corrected chi connectivity index (χ0v) is 17.8. The molecule has 1 heterocycles. The van der Waals surface area contributed by atoms with Crippen molar-refractivity contribution in [3.63, 3.8) is 0 Å². The Hall–Kier alpha value is -3.81. The highest BCUT2D eigenvalue weighted by Gasteiger charge is 2.11. The van der Waals surface area contributed by atoms with Crippen LogP contribution in [0.4, 0.5) is 5.69 Å². The number of nitrogens with zero attached hydrogens (tertiary/aromatic N) is 2. The van der Waals surface area contributed by atoms with Crippen molar-refractivity contribution in [1.29, 1.82) is 0 Å². The second-order valence-electron chi connectivity index (χ2n) is 6.51. The van der Waals surface area contributed by atoms with Gasteiger partial charge in [0.05, 0.1) is 32.5 Å². The lowest BCUT2D eigenvalue weighted by Gasteiger charge is -2.13. The number of hydrogen-bond acceptors (Lipinski definition) is 8. The Morgan fingerprint density at radius 3 is 2.39 bits per heavy atom. The van der Waals surface area contributed by atoms with Crippen molar-refractivity contribution in [2.24, 2.45) is 0 Å². The minimum absolute atomic E-state index is 0.124. The maximum Gasteiger partial charge on any atom is 0.338 e. The number of para-hydroxylation sites is 1. The molecule has 0 fully saturated rings. The number of carbonyl (C=O) groups excluding carboxylic acids is 1. The predicted molar refractivity (Wildman–Crippen MR) is 116 cm³/mol. The van der Waals surface area contributed by atoms with E-state index in [-0.39, 0.29) is 12.0 Å². The number of methoxy groups -OCH3 is 2. The van der Waals surface area contributed by atoms with Gasteiger partial charge >= 0.3 is 12.0 Å². The van der Waals surface area contributed by atoms with Gasteiger partial charge in [-0.1, -0.05) is 25.1 Å². The Kier molecular flexibility index (Phi) is 7.64. The van der Waals surface area contributed by atoms with Gasteiger partial charge in [0.2, 0.25) is 11.8 Å². The van der Waals surface area contributed by atoms with Crippen molar-refractivity contribution in [3.8, 4) is 23.5 Å². The number of hydrogen-bond donors (Lipinski definition) is 1. The number of rotatable bonds is 10. The molecule has 0 aliphatic rings. The Morgan fingerprint density at radius 2 is 1.74 bits per heavy atom. The molecule has 3 rings (SSSR count). The Morgan fingerprint density at radius 1 is 1.06 bits per heavy atom. The van der Waals surface area contributed by atoms with E-state index >= 15 is 0 Å². The summed E-state index contributed by atoms with van der Waals surface area (Å²) >= 11 is 0. The number of nitrogens with one attached hydrogen (secondary N) is 1. The van der Waals surface area contributed by atoms with E-state index < -0.39 is 0 Å². The number of benzene rings is 2. The van der Waals surface area contributed by atoms with Crippen LogP contribution in [0.5, 0.6) is 23.5 Å². The molecule has 2 aromatic carbocycles. The van der Waals surface area contributed by atoms with Crippen LogP contribution in [0.3, 0.4) is 0 Å². The molecule has 0 unspecified atom stereocenters. The molecule has 0 saturated heterocycles. The van der Waals surface area contributed by atoms with Crippen molar-refractivity contribution in [3.05, 3.63) is 65.7 Å². The van der Waals surface area contributed by atoms with Crippen LogP contribution < -0.4 is 19.5 Å². The molecule has 0 aliphatic carbocycles. The van der Waals surface area contributed by atoms with Gasteiger partial charge in [0.1, 0.15) is 5.75 Å². The molecule has 3 aromatic rings. The van der Waals surface area contributed by atoms with Gasteiger partial charge in [0, 0.05) is 17.8 Å². The maximum atomic E-state index is 11.9. The maximum absolute atomic E-state index is 11.9. The number of aromatic nitrogens is 2. The number of ether oxygens (including phenoxy) is 4. The van der Waals surface area contributed by atoms with Gasteiger partial charge in [0.15, 0.2) is 0 Å². The van der Waals surface area contributed by atoms with Gasteiger partial charge in [-0.2, -0.15) is 9.97 Å². The first kappa shape index (κ1) is 21.9. The third-order valence-corrected chi connectivity index (χ3v) is 4.29. The van der Waals surface area contributed by atoms with Crippen LogP contribution in [0.15, 0.2) is 54.6 Å². The summed E-state index contributed by atoms with van der Waals surface area (Å²) in [6.45, 7) is 2.87. The highest BCUT2D eigenvalue weighted by molar-refractivity contribution is 5.89. The molecule has 31 heavy (non-hydrogen) atoms. The van der Waals surface area contributed by atoms with Crippen LogP contribution in [0.25, 0.3) is 0 Å². The van der Waals surface area contributed by atoms with E-state index in [2.05, 4.69) is 15.3 Å². The topological polar surface area (TPSA) is 91.8 Å². The fraction of sp³-hybridized carbons (Fsp3) is 0.261. The third-order valence-electron chi connectivity index (χ3n) is 4.29. The highest BCUT2D eigenvalue weighted by Crippen LogP contribution is 2.27. The molecule has 0 bridgehead atoms. The molecule has 0 aliphatic heterocycles. The van der Waals surface area contributed by atoms with Crippen LogP contribution in [0.2, 0.25) is 0 Å². The summed E-state index contributed by atoms with van der Waals surface area (Å²) in [5.74, 6) is 0.968. The van der Waals surface area contributed by atoms with Crippen molar-refractivity contribution < 1.29 is 23.7 Å². The molecule has 1 N–H and O–H groups in total. The summed E-state index contributed by atoms with van der Waals surface area (Å²) in [4.78, 5) is 20.3. The summed E-state index contributed by atoms with van der Waals surface area (Å²) in [5.41, 5.74) is 2.28. The van der Waals surface area contributed by atoms with Gasteiger partial charge in [-0.15, -0.1) is 0 Å². The van der Waals surface area contributed by atoms with Crippen molar-refractivity contribution in [1.82, 2.24) is 9.97 Å². The quantitative estimate of drug-likeness (QED) is 0.467. The molecule has 1 aromatic heterocycles. The first-order valence-corrected chi connectivity index (χ1v) is 9.86. The first-order chi connectivity index (χ1) is 15.1. The summed E-state index contributed by atoms with van der Waals surface area (Å²) in [6, 6.07) is 16.4. The molecule has 0 amide bonds. The smallest absolute Gasteiger partial charge is 0.338 e. The van der Waals surface area contributed by atoms with Gasteiger partial charge in [-0.3, -0.25) is 0 Å². The second kappa shape index (κ2) is 10.8. The van der Waals surface area contributed by atoms with Crippen LogP contribution in [-0.4, -0.2) is 36.8 Å². The van der Waals surface area contributed by atoms with Crippen LogP contribution in [0, 0.1) is 0 Å². The molecule has 8 nitrogen and oxygen atoms in total. The fourth-order valence-corrected chi connectivity index (χ4v) is 2.69. The van der Waals surface area contributed by atoms with E-state index in [9.17, 15) is 4.79 Å². The van der Waals surface area contributed by atoms with E-state index in [1.54, 1.807) is 18.2 Å². The van der Waals surface area contributed by atoms with E-state index in [0.717, 1.165) is 17.7 Å². The SMILES string of the molecule is CCCOC(=O)c1ccc(NC[14c]2[14cH][14cH][14cH][14cH][14c]2Oc2nc(OC)cc(OC)n2)cc1. The van der Waals surface area contributed by atoms with Gasteiger partial charge in [-0.25, -0.2) is 4.79 Å². The van der Waals surface area contributed by atoms with Crippen molar-refractivity contribution >= 4 is 11.7 Å². The van der Waals surface area contributed by atoms with E-state index in [4.69, 9.17) is 18.9 Å². The van der Waals surface area contributed by atoms with Gasteiger partial charge in [0.25, 0.3) is 0 Å². The largest absolute Gasteiger partial charge is 0.481 e. The monoisotopic (exact) mass is 435 g/mol. The van der Waals surface area contributed by atoms with Crippen LogP contribution in [-0.2, 0) is 11.3 Å². The molecule has 0 radical (unpaired) electrons. The molecule has 0 spiro atoms. The zero-order valence-electron chi connectivity index (χ0n) is 17.8. The Labute approximate surface area is 181 Å². The molecule has 162 valence electrons. The minimum atomic E-state index is -0.319. The lowest BCUT2D eigenvalue weighted by molar-refractivity contribution is 0.0505. The molecule has 8 heteroatoms. The zero-order chi connectivity index (χ0) is 22.1. The molecule has 0 saturated carbocycles. The lowest BCUT2D eigenvalue weighted by Crippen LogP contribution is -2.06. The number of anilines is 1.